The number of carbonyl (C=O) groups is 1. The van der Waals surface area contributed by atoms with Gasteiger partial charge in [0.05, 0.1) is 12.6 Å². The molecule has 1 amide bonds. The van der Waals surface area contributed by atoms with Crippen LogP contribution in [0.1, 0.15) is 51.7 Å². The van der Waals surface area contributed by atoms with Crippen LogP contribution in [0.4, 0.5) is 0 Å². The summed E-state index contributed by atoms with van der Waals surface area (Å²) in [6, 6.07) is 8.57. The number of rotatable bonds is 7. The second kappa shape index (κ2) is 8.98. The van der Waals surface area contributed by atoms with E-state index in [1.54, 1.807) is 0 Å². The molecular formula is C21H33NO4. The van der Waals surface area contributed by atoms with Gasteiger partial charge in [0.15, 0.2) is 0 Å². The first-order chi connectivity index (χ1) is 12.3. The number of aliphatic hydroxyl groups excluding tert-OH is 1. The number of ether oxygens (including phenoxy) is 1. The van der Waals surface area contributed by atoms with Gasteiger partial charge in [0.2, 0.25) is 0 Å². The Kier molecular flexibility index (Phi) is 7.21. The number of hydrogen-bond acceptors (Lipinski definition) is 4. The lowest BCUT2D eigenvalue weighted by atomic mass is 9.66. The fraction of sp³-hybridized carbons (Fsp3) is 0.667. The fourth-order valence-corrected chi connectivity index (χ4v) is 4.20. The average Bonchev–Trinajstić information content (AvgIpc) is 2.61. The summed E-state index contributed by atoms with van der Waals surface area (Å²) in [5.41, 5.74) is -0.701. The topological polar surface area (TPSA) is 78.8 Å². The predicted octanol–water partition coefficient (Wildman–Crippen LogP) is 2.67. The van der Waals surface area contributed by atoms with Crippen molar-refractivity contribution in [3.05, 3.63) is 35.9 Å². The Morgan fingerprint density at radius 3 is 2.54 bits per heavy atom. The maximum atomic E-state index is 13.1. The monoisotopic (exact) mass is 363 g/mol. The molecule has 5 nitrogen and oxygen atoms in total. The molecule has 0 bridgehead atoms. The molecule has 5 atom stereocenters. The van der Waals surface area contributed by atoms with Crippen molar-refractivity contribution in [2.24, 2.45) is 17.8 Å². The second-order valence-corrected chi connectivity index (χ2v) is 8.05. The van der Waals surface area contributed by atoms with Crippen molar-refractivity contribution in [1.29, 1.82) is 0 Å². The molecule has 0 heterocycles. The molecule has 146 valence electrons. The molecular weight excluding hydrogens is 330 g/mol. The van der Waals surface area contributed by atoms with Crippen molar-refractivity contribution < 1.29 is 19.7 Å². The molecule has 0 radical (unpaired) electrons. The van der Waals surface area contributed by atoms with Crippen LogP contribution in [0.2, 0.25) is 0 Å². The van der Waals surface area contributed by atoms with Gasteiger partial charge in [-0.15, -0.1) is 0 Å². The van der Waals surface area contributed by atoms with Gasteiger partial charge in [-0.25, -0.2) is 0 Å². The van der Waals surface area contributed by atoms with Crippen molar-refractivity contribution in [2.75, 3.05) is 13.7 Å². The molecule has 1 fully saturated rings. The molecule has 2 unspecified atom stereocenters. The minimum Gasteiger partial charge on any atom is -0.386 e. The zero-order valence-electron chi connectivity index (χ0n) is 16.3. The number of aliphatic hydroxyl groups is 2. The molecule has 0 spiro atoms. The van der Waals surface area contributed by atoms with Crippen LogP contribution in [0, 0.1) is 17.8 Å². The molecule has 2 rings (SSSR count). The minimum atomic E-state index is -1.41. The first kappa shape index (κ1) is 20.9. The van der Waals surface area contributed by atoms with Crippen LogP contribution in [0.25, 0.3) is 0 Å². The van der Waals surface area contributed by atoms with Crippen molar-refractivity contribution in [2.45, 2.75) is 57.8 Å². The Morgan fingerprint density at radius 2 is 1.96 bits per heavy atom. The van der Waals surface area contributed by atoms with Gasteiger partial charge in [-0.3, -0.25) is 4.79 Å². The quantitative estimate of drug-likeness (QED) is 0.696. The van der Waals surface area contributed by atoms with E-state index in [2.05, 4.69) is 12.2 Å². The number of nitrogens with one attached hydrogen (secondary N) is 1. The summed E-state index contributed by atoms with van der Waals surface area (Å²) in [6.07, 6.45) is 1.40. The molecule has 0 aromatic heterocycles. The summed E-state index contributed by atoms with van der Waals surface area (Å²) >= 11 is 0. The highest BCUT2D eigenvalue weighted by Gasteiger charge is 2.49. The normalized spacial score (nSPS) is 28.6. The van der Waals surface area contributed by atoms with Gasteiger partial charge in [-0.05, 0) is 36.2 Å². The van der Waals surface area contributed by atoms with Crippen molar-refractivity contribution >= 4 is 5.91 Å². The van der Waals surface area contributed by atoms with E-state index in [1.165, 1.54) is 7.11 Å². The molecule has 1 aliphatic rings. The highest BCUT2D eigenvalue weighted by Crippen LogP contribution is 2.41. The van der Waals surface area contributed by atoms with E-state index >= 15 is 0 Å². The predicted molar refractivity (Wildman–Crippen MR) is 102 cm³/mol. The van der Waals surface area contributed by atoms with Crippen LogP contribution >= 0.6 is 0 Å². The van der Waals surface area contributed by atoms with E-state index < -0.39 is 23.7 Å². The van der Waals surface area contributed by atoms with E-state index in [0.717, 1.165) is 12.8 Å². The second-order valence-electron chi connectivity index (χ2n) is 8.05. The number of carbonyl (C=O) groups excluding carboxylic acids is 1. The first-order valence-electron chi connectivity index (χ1n) is 9.54. The van der Waals surface area contributed by atoms with E-state index in [4.69, 9.17) is 4.74 Å². The number of hydrogen-bond donors (Lipinski definition) is 3. The Morgan fingerprint density at radius 1 is 1.31 bits per heavy atom. The largest absolute Gasteiger partial charge is 0.386 e. The summed E-state index contributed by atoms with van der Waals surface area (Å²) in [5, 5.41) is 24.8. The van der Waals surface area contributed by atoms with E-state index in [0.29, 0.717) is 17.9 Å². The smallest absolute Gasteiger partial charge is 0.252 e. The van der Waals surface area contributed by atoms with Crippen LogP contribution < -0.4 is 5.32 Å². The van der Waals surface area contributed by atoms with Crippen LogP contribution in [-0.4, -0.2) is 41.5 Å². The molecule has 5 heteroatoms. The number of methoxy groups -OCH3 is 1. The third-order valence-electron chi connectivity index (χ3n) is 5.63. The van der Waals surface area contributed by atoms with Crippen molar-refractivity contribution in [3.63, 3.8) is 0 Å². The van der Waals surface area contributed by atoms with Gasteiger partial charge >= 0.3 is 0 Å². The Labute approximate surface area is 156 Å². The lowest BCUT2D eigenvalue weighted by Crippen LogP contribution is -2.59. The molecule has 0 aliphatic heterocycles. The van der Waals surface area contributed by atoms with E-state index in [9.17, 15) is 15.0 Å². The van der Waals surface area contributed by atoms with Gasteiger partial charge in [0.1, 0.15) is 11.7 Å². The Balaban J connectivity index is 2.19. The Hall–Kier alpha value is -1.43. The van der Waals surface area contributed by atoms with Crippen LogP contribution in [-0.2, 0) is 9.53 Å². The zero-order chi connectivity index (χ0) is 19.3. The molecule has 3 N–H and O–H groups in total. The van der Waals surface area contributed by atoms with Crippen molar-refractivity contribution in [1.82, 2.24) is 5.32 Å². The highest BCUT2D eigenvalue weighted by atomic mass is 16.5. The maximum absolute atomic E-state index is 13.1. The van der Waals surface area contributed by atoms with Gasteiger partial charge in [0, 0.05) is 7.11 Å². The minimum absolute atomic E-state index is 0.0873. The SMILES string of the molecule is COC[C@H](NC(=O)[C@@]1(O)CC(C)CCC1C(C)C)[C@@H](O)c1ccccc1. The molecule has 1 aromatic carbocycles. The third kappa shape index (κ3) is 4.64. The van der Waals surface area contributed by atoms with Crippen LogP contribution in [0.15, 0.2) is 30.3 Å². The van der Waals surface area contributed by atoms with Gasteiger partial charge in [-0.1, -0.05) is 57.5 Å². The van der Waals surface area contributed by atoms with Gasteiger partial charge < -0.3 is 20.3 Å². The molecule has 1 aliphatic carbocycles. The molecule has 26 heavy (non-hydrogen) atoms. The molecule has 0 saturated heterocycles. The standard InChI is InChI=1S/C21H33NO4/c1-14(2)17-11-10-15(3)12-21(17,25)20(24)22-18(13-26-4)19(23)16-8-6-5-7-9-16/h5-9,14-15,17-19,23,25H,10-13H2,1-4H3,(H,22,24)/t15?,17?,18-,19-,21+/m0/s1. The third-order valence-corrected chi connectivity index (χ3v) is 5.63. The Bertz CT molecular complexity index is 577. The summed E-state index contributed by atoms with van der Waals surface area (Å²) in [7, 11) is 1.53. The fourth-order valence-electron chi connectivity index (χ4n) is 4.20. The maximum Gasteiger partial charge on any atom is 0.252 e. The average molecular weight is 363 g/mol. The lowest BCUT2D eigenvalue weighted by molar-refractivity contribution is -0.158. The van der Waals surface area contributed by atoms with E-state index in [1.807, 2.05) is 44.2 Å². The summed E-state index contributed by atoms with van der Waals surface area (Å²) < 4.78 is 5.21. The van der Waals surface area contributed by atoms with Gasteiger partial charge in [0.25, 0.3) is 5.91 Å². The highest BCUT2D eigenvalue weighted by molar-refractivity contribution is 5.85. The van der Waals surface area contributed by atoms with E-state index in [-0.39, 0.29) is 18.4 Å². The van der Waals surface area contributed by atoms with Gasteiger partial charge in [-0.2, -0.15) is 0 Å². The van der Waals surface area contributed by atoms with Crippen LogP contribution in [0.5, 0.6) is 0 Å². The number of benzene rings is 1. The summed E-state index contributed by atoms with van der Waals surface area (Å²) in [5.74, 6) is 0.00869. The lowest BCUT2D eigenvalue weighted by Gasteiger charge is -2.44. The number of amides is 1. The summed E-state index contributed by atoms with van der Waals surface area (Å²) in [6.45, 7) is 6.33. The van der Waals surface area contributed by atoms with Crippen molar-refractivity contribution in [3.8, 4) is 0 Å². The van der Waals surface area contributed by atoms with Crippen LogP contribution in [0.3, 0.4) is 0 Å². The molecule has 1 aromatic rings. The molecule has 1 saturated carbocycles. The summed E-state index contributed by atoms with van der Waals surface area (Å²) in [4.78, 5) is 13.1. The zero-order valence-corrected chi connectivity index (χ0v) is 16.3. The first-order valence-corrected chi connectivity index (χ1v) is 9.54.